The van der Waals surface area contributed by atoms with Crippen molar-refractivity contribution in [1.82, 2.24) is 0 Å². The average Bonchev–Trinajstić information content (AvgIpc) is 2.95. The summed E-state index contributed by atoms with van der Waals surface area (Å²) in [5, 5.41) is 0. The van der Waals surface area contributed by atoms with Gasteiger partial charge in [0.25, 0.3) is 0 Å². The lowest BCUT2D eigenvalue weighted by Gasteiger charge is -2.31. The molecule has 4 aromatic carbocycles. The zero-order valence-electron chi connectivity index (χ0n) is 23.3. The molecule has 0 aliphatic rings. The fraction of sp³-hybridized carbons (Fsp3) is 0.314. The molecule has 0 aliphatic heterocycles. The number of hydrogen-bond acceptors (Lipinski definition) is 3. The van der Waals surface area contributed by atoms with Crippen LogP contribution in [0.15, 0.2) is 103 Å². The van der Waals surface area contributed by atoms with Crippen LogP contribution in [0.2, 0.25) is 0 Å². The van der Waals surface area contributed by atoms with Crippen LogP contribution in [0.4, 0.5) is 0 Å². The Balaban J connectivity index is 1.48. The molecule has 0 spiro atoms. The second-order valence-corrected chi connectivity index (χ2v) is 10.8. The lowest BCUT2D eigenvalue weighted by Crippen LogP contribution is -2.36. The van der Waals surface area contributed by atoms with Gasteiger partial charge in [0, 0.05) is 16.5 Å². The number of benzene rings is 4. The molecule has 0 radical (unpaired) electrons. The second kappa shape index (κ2) is 12.8. The average molecular weight is 509 g/mol. The van der Waals surface area contributed by atoms with Crippen molar-refractivity contribution in [1.29, 1.82) is 0 Å². The molecule has 3 heteroatoms. The molecule has 38 heavy (non-hydrogen) atoms. The van der Waals surface area contributed by atoms with E-state index in [-0.39, 0.29) is 5.41 Å². The van der Waals surface area contributed by atoms with Crippen LogP contribution in [0.3, 0.4) is 0 Å². The largest absolute Gasteiger partial charge is 0.490 e. The first kappa shape index (κ1) is 27.5. The van der Waals surface area contributed by atoms with Gasteiger partial charge in [-0.05, 0) is 41.2 Å². The molecular formula is C35H40O3. The van der Waals surface area contributed by atoms with Crippen molar-refractivity contribution in [2.75, 3.05) is 13.2 Å². The fourth-order valence-corrected chi connectivity index (χ4v) is 4.38. The summed E-state index contributed by atoms with van der Waals surface area (Å²) in [4.78, 5) is 0. The molecule has 0 bridgehead atoms. The monoisotopic (exact) mass is 508 g/mol. The van der Waals surface area contributed by atoms with Crippen molar-refractivity contribution in [2.24, 2.45) is 5.41 Å². The summed E-state index contributed by atoms with van der Waals surface area (Å²) in [6, 6.07) is 35.4. The van der Waals surface area contributed by atoms with Gasteiger partial charge < -0.3 is 14.2 Å². The molecule has 3 nitrogen and oxygen atoms in total. The first-order valence-corrected chi connectivity index (χ1v) is 13.6. The summed E-state index contributed by atoms with van der Waals surface area (Å²) >= 11 is 0. The van der Waals surface area contributed by atoms with E-state index < -0.39 is 6.29 Å². The maximum atomic E-state index is 6.46. The van der Waals surface area contributed by atoms with Crippen LogP contribution in [0.25, 0.3) is 22.3 Å². The van der Waals surface area contributed by atoms with Crippen LogP contribution in [0.1, 0.15) is 52.5 Å². The van der Waals surface area contributed by atoms with Crippen LogP contribution < -0.4 is 9.47 Å². The van der Waals surface area contributed by atoms with E-state index in [1.165, 1.54) is 5.56 Å². The molecule has 0 heterocycles. The van der Waals surface area contributed by atoms with Gasteiger partial charge in [-0.1, -0.05) is 126 Å². The first-order valence-electron chi connectivity index (χ1n) is 13.6. The molecule has 0 N–H and O–H groups in total. The molecule has 0 fully saturated rings. The Morgan fingerprint density at radius 3 is 1.71 bits per heavy atom. The minimum Gasteiger partial charge on any atom is -0.490 e. The van der Waals surface area contributed by atoms with Gasteiger partial charge in [0.05, 0.1) is 6.61 Å². The summed E-state index contributed by atoms with van der Waals surface area (Å²) in [5.41, 5.74) is 5.50. The highest BCUT2D eigenvalue weighted by Gasteiger charge is 2.28. The molecule has 4 rings (SSSR count). The van der Waals surface area contributed by atoms with Gasteiger partial charge >= 0.3 is 0 Å². The maximum absolute atomic E-state index is 6.46. The summed E-state index contributed by atoms with van der Waals surface area (Å²) in [6.07, 6.45) is 0.714. The highest BCUT2D eigenvalue weighted by Crippen LogP contribution is 2.39. The van der Waals surface area contributed by atoms with E-state index in [9.17, 15) is 0 Å². The van der Waals surface area contributed by atoms with Gasteiger partial charge in [-0.15, -0.1) is 0 Å². The van der Waals surface area contributed by atoms with Gasteiger partial charge in [-0.2, -0.15) is 0 Å². The minimum atomic E-state index is -0.404. The fourth-order valence-electron chi connectivity index (χ4n) is 4.38. The molecular weight excluding hydrogens is 468 g/mol. The van der Waals surface area contributed by atoms with Gasteiger partial charge in [-0.25, -0.2) is 0 Å². The Hall–Kier alpha value is -3.56. The van der Waals surface area contributed by atoms with E-state index in [4.69, 9.17) is 14.2 Å². The molecule has 0 amide bonds. The van der Waals surface area contributed by atoms with Crippen molar-refractivity contribution >= 4 is 0 Å². The van der Waals surface area contributed by atoms with Gasteiger partial charge in [0.15, 0.2) is 0 Å². The summed E-state index contributed by atoms with van der Waals surface area (Å²) < 4.78 is 19.0. The van der Waals surface area contributed by atoms with Crippen LogP contribution in [-0.4, -0.2) is 19.5 Å². The summed E-state index contributed by atoms with van der Waals surface area (Å²) in [6.45, 7) is 11.7. The van der Waals surface area contributed by atoms with Crippen molar-refractivity contribution in [3.8, 4) is 33.8 Å². The third-order valence-corrected chi connectivity index (χ3v) is 6.80. The van der Waals surface area contributed by atoms with Crippen LogP contribution in [0.5, 0.6) is 11.5 Å². The van der Waals surface area contributed by atoms with E-state index in [1.54, 1.807) is 0 Å². The van der Waals surface area contributed by atoms with Gasteiger partial charge in [0.1, 0.15) is 18.1 Å². The molecule has 0 aromatic heterocycles. The van der Waals surface area contributed by atoms with Crippen molar-refractivity contribution in [3.05, 3.63) is 109 Å². The Morgan fingerprint density at radius 1 is 0.658 bits per heavy atom. The van der Waals surface area contributed by atoms with E-state index in [0.29, 0.717) is 19.1 Å². The predicted molar refractivity (Wildman–Crippen MR) is 158 cm³/mol. The zero-order valence-corrected chi connectivity index (χ0v) is 23.3. The molecule has 198 valence electrons. The molecule has 2 unspecified atom stereocenters. The van der Waals surface area contributed by atoms with Crippen LogP contribution >= 0.6 is 0 Å². The Bertz CT molecular complexity index is 1200. The second-order valence-electron chi connectivity index (χ2n) is 10.8. The number of para-hydroxylation sites is 1. The summed E-state index contributed by atoms with van der Waals surface area (Å²) in [7, 11) is 0. The molecule has 2 atom stereocenters. The lowest BCUT2D eigenvalue weighted by molar-refractivity contribution is -0.145. The Kier molecular flexibility index (Phi) is 9.25. The van der Waals surface area contributed by atoms with Gasteiger partial charge in [0.2, 0.25) is 6.29 Å². The summed E-state index contributed by atoms with van der Waals surface area (Å²) in [5.74, 6) is 2.22. The molecule has 0 aliphatic carbocycles. The smallest absolute Gasteiger partial charge is 0.204 e. The maximum Gasteiger partial charge on any atom is 0.204 e. The number of rotatable bonds is 11. The van der Waals surface area contributed by atoms with E-state index in [2.05, 4.69) is 113 Å². The molecule has 0 saturated carbocycles. The van der Waals surface area contributed by atoms with Crippen molar-refractivity contribution in [2.45, 2.75) is 53.2 Å². The third kappa shape index (κ3) is 7.05. The van der Waals surface area contributed by atoms with E-state index in [1.807, 2.05) is 24.3 Å². The zero-order chi connectivity index (χ0) is 27.0. The third-order valence-electron chi connectivity index (χ3n) is 6.80. The Labute approximate surface area is 228 Å². The number of hydrogen-bond donors (Lipinski definition) is 0. The van der Waals surface area contributed by atoms with Crippen LogP contribution in [-0.2, 0) is 4.74 Å². The molecule has 4 aromatic rings. The topological polar surface area (TPSA) is 27.7 Å². The highest BCUT2D eigenvalue weighted by atomic mass is 16.7. The van der Waals surface area contributed by atoms with Crippen molar-refractivity contribution < 1.29 is 14.2 Å². The SMILES string of the molecule is CCC(C)c1ccc(OC(OCCOc2c(-c3ccccc3)cccc2-c2ccccc2)C(C)(C)C)cc1. The standard InChI is InChI=1S/C35H40O3/c1-6-26(2)27-20-22-30(23-21-27)38-34(35(3,4)5)37-25-24-36-33-31(28-14-9-7-10-15-28)18-13-19-32(33)29-16-11-8-12-17-29/h7-23,26,34H,6,24-25H2,1-5H3. The quantitative estimate of drug-likeness (QED) is 0.149. The Morgan fingerprint density at radius 2 is 1.21 bits per heavy atom. The normalized spacial score (nSPS) is 13.1. The predicted octanol–water partition coefficient (Wildman–Crippen LogP) is 9.38. The number of ether oxygens (including phenoxy) is 3. The van der Waals surface area contributed by atoms with Gasteiger partial charge in [-0.3, -0.25) is 0 Å². The van der Waals surface area contributed by atoms with E-state index >= 15 is 0 Å². The minimum absolute atomic E-state index is 0.202. The van der Waals surface area contributed by atoms with Crippen LogP contribution in [0, 0.1) is 5.41 Å². The van der Waals surface area contributed by atoms with E-state index in [0.717, 1.165) is 40.2 Å². The molecule has 0 saturated heterocycles. The van der Waals surface area contributed by atoms with Crippen molar-refractivity contribution in [3.63, 3.8) is 0 Å². The first-order chi connectivity index (χ1) is 18.4. The highest BCUT2D eigenvalue weighted by molar-refractivity contribution is 5.82. The lowest BCUT2D eigenvalue weighted by atomic mass is 9.95.